The van der Waals surface area contributed by atoms with Gasteiger partial charge in [0.2, 0.25) is 0 Å². The SMILES string of the molecule is O=C(c1ccc2c(c1)CCO2)C1(O)CCCC1. The van der Waals surface area contributed by atoms with Crippen molar-refractivity contribution in [3.05, 3.63) is 29.3 Å². The smallest absolute Gasteiger partial charge is 0.194 e. The molecule has 3 heteroatoms. The van der Waals surface area contributed by atoms with Crippen LogP contribution in [0.3, 0.4) is 0 Å². The van der Waals surface area contributed by atoms with Crippen LogP contribution >= 0.6 is 0 Å². The number of hydrogen-bond acceptors (Lipinski definition) is 3. The maximum atomic E-state index is 12.3. The van der Waals surface area contributed by atoms with E-state index in [0.29, 0.717) is 25.0 Å². The summed E-state index contributed by atoms with van der Waals surface area (Å²) >= 11 is 0. The number of carbonyl (C=O) groups excluding carboxylic acids is 1. The van der Waals surface area contributed by atoms with E-state index >= 15 is 0 Å². The molecule has 3 nitrogen and oxygen atoms in total. The first-order chi connectivity index (χ1) is 8.19. The highest BCUT2D eigenvalue weighted by Gasteiger charge is 2.39. The predicted octanol–water partition coefficient (Wildman–Crippen LogP) is 2.11. The molecule has 17 heavy (non-hydrogen) atoms. The van der Waals surface area contributed by atoms with E-state index in [-0.39, 0.29) is 5.78 Å². The third-order valence-corrected chi connectivity index (χ3v) is 3.81. The number of fused-ring (bicyclic) bond motifs is 1. The van der Waals surface area contributed by atoms with Crippen molar-refractivity contribution in [1.29, 1.82) is 0 Å². The van der Waals surface area contributed by atoms with Crippen LogP contribution in [-0.4, -0.2) is 23.1 Å². The summed E-state index contributed by atoms with van der Waals surface area (Å²) < 4.78 is 5.41. The van der Waals surface area contributed by atoms with Gasteiger partial charge < -0.3 is 9.84 Å². The van der Waals surface area contributed by atoms with Crippen molar-refractivity contribution in [3.8, 4) is 5.75 Å². The summed E-state index contributed by atoms with van der Waals surface area (Å²) in [4.78, 5) is 12.3. The average Bonchev–Trinajstić information content (AvgIpc) is 2.96. The van der Waals surface area contributed by atoms with Crippen LogP contribution in [0.2, 0.25) is 0 Å². The lowest BCUT2D eigenvalue weighted by Crippen LogP contribution is -2.35. The Morgan fingerprint density at radius 2 is 2.06 bits per heavy atom. The molecule has 0 spiro atoms. The van der Waals surface area contributed by atoms with E-state index in [4.69, 9.17) is 4.74 Å². The third-order valence-electron chi connectivity index (χ3n) is 3.81. The standard InChI is InChI=1S/C14H16O3/c15-13(14(16)6-1-2-7-14)11-3-4-12-10(9-11)5-8-17-12/h3-4,9,16H,1-2,5-8H2. The van der Waals surface area contributed by atoms with Crippen LogP contribution in [0.25, 0.3) is 0 Å². The fraction of sp³-hybridized carbons (Fsp3) is 0.500. The summed E-state index contributed by atoms with van der Waals surface area (Å²) in [5.41, 5.74) is 0.587. The van der Waals surface area contributed by atoms with E-state index in [0.717, 1.165) is 30.6 Å². The largest absolute Gasteiger partial charge is 0.493 e. The Labute approximate surface area is 100 Å². The molecule has 2 aliphatic rings. The first kappa shape index (κ1) is 10.8. The van der Waals surface area contributed by atoms with E-state index in [1.54, 1.807) is 6.07 Å². The minimum Gasteiger partial charge on any atom is -0.493 e. The van der Waals surface area contributed by atoms with Crippen molar-refractivity contribution in [1.82, 2.24) is 0 Å². The highest BCUT2D eigenvalue weighted by atomic mass is 16.5. The van der Waals surface area contributed by atoms with Crippen molar-refractivity contribution >= 4 is 5.78 Å². The van der Waals surface area contributed by atoms with Gasteiger partial charge in [-0.05, 0) is 49.4 Å². The van der Waals surface area contributed by atoms with Gasteiger partial charge in [0, 0.05) is 12.0 Å². The van der Waals surface area contributed by atoms with Crippen LogP contribution in [0.4, 0.5) is 0 Å². The maximum absolute atomic E-state index is 12.3. The molecular formula is C14H16O3. The second-order valence-electron chi connectivity index (χ2n) is 4.99. The zero-order valence-electron chi connectivity index (χ0n) is 9.74. The highest BCUT2D eigenvalue weighted by molar-refractivity contribution is 6.02. The molecule has 1 fully saturated rings. The lowest BCUT2D eigenvalue weighted by molar-refractivity contribution is 0.0353. The number of hydrogen-bond donors (Lipinski definition) is 1. The number of carbonyl (C=O) groups is 1. The number of ketones is 1. The molecule has 1 saturated carbocycles. The van der Waals surface area contributed by atoms with Crippen molar-refractivity contribution in [2.24, 2.45) is 0 Å². The predicted molar refractivity (Wildman–Crippen MR) is 63.4 cm³/mol. The molecule has 1 N–H and O–H groups in total. The molecule has 0 bridgehead atoms. The lowest BCUT2D eigenvalue weighted by atomic mass is 9.90. The van der Waals surface area contributed by atoms with Crippen LogP contribution in [0.5, 0.6) is 5.75 Å². The fourth-order valence-corrected chi connectivity index (χ4v) is 2.78. The van der Waals surface area contributed by atoms with Gasteiger partial charge in [-0.25, -0.2) is 0 Å². The minimum absolute atomic E-state index is 0.121. The number of rotatable bonds is 2. The maximum Gasteiger partial charge on any atom is 0.194 e. The Kier molecular flexibility index (Phi) is 2.44. The van der Waals surface area contributed by atoms with Gasteiger partial charge in [0.15, 0.2) is 5.78 Å². The summed E-state index contributed by atoms with van der Waals surface area (Å²) in [5, 5.41) is 10.3. The molecule has 1 heterocycles. The quantitative estimate of drug-likeness (QED) is 0.794. The molecule has 0 atom stereocenters. The minimum atomic E-state index is -1.12. The topological polar surface area (TPSA) is 46.5 Å². The van der Waals surface area contributed by atoms with E-state index in [2.05, 4.69) is 0 Å². The lowest BCUT2D eigenvalue weighted by Gasteiger charge is -2.20. The van der Waals surface area contributed by atoms with Crippen LogP contribution in [0.1, 0.15) is 41.6 Å². The Hall–Kier alpha value is -1.35. The molecular weight excluding hydrogens is 216 g/mol. The molecule has 0 amide bonds. The van der Waals surface area contributed by atoms with E-state index in [1.165, 1.54) is 0 Å². The third kappa shape index (κ3) is 1.75. The highest BCUT2D eigenvalue weighted by Crippen LogP contribution is 2.34. The number of Topliss-reactive ketones (excluding diaryl/α,β-unsaturated/α-hetero) is 1. The van der Waals surface area contributed by atoms with Crippen molar-refractivity contribution in [3.63, 3.8) is 0 Å². The van der Waals surface area contributed by atoms with Gasteiger partial charge in [0.1, 0.15) is 11.4 Å². The Morgan fingerprint density at radius 1 is 1.29 bits per heavy atom. The average molecular weight is 232 g/mol. The molecule has 0 unspecified atom stereocenters. The first-order valence-electron chi connectivity index (χ1n) is 6.22. The first-order valence-corrected chi connectivity index (χ1v) is 6.22. The summed E-state index contributed by atoms with van der Waals surface area (Å²) in [6.45, 7) is 0.692. The van der Waals surface area contributed by atoms with Gasteiger partial charge in [0.25, 0.3) is 0 Å². The molecule has 1 aliphatic heterocycles. The van der Waals surface area contributed by atoms with Crippen molar-refractivity contribution in [2.75, 3.05) is 6.61 Å². The van der Waals surface area contributed by atoms with Crippen LogP contribution in [0.15, 0.2) is 18.2 Å². The summed E-state index contributed by atoms with van der Waals surface area (Å²) in [6.07, 6.45) is 3.93. The zero-order chi connectivity index (χ0) is 11.9. The van der Waals surface area contributed by atoms with Gasteiger partial charge in [-0.1, -0.05) is 0 Å². The summed E-state index contributed by atoms with van der Waals surface area (Å²) in [6, 6.07) is 5.48. The summed E-state index contributed by atoms with van der Waals surface area (Å²) in [7, 11) is 0. The monoisotopic (exact) mass is 232 g/mol. The van der Waals surface area contributed by atoms with E-state index in [1.807, 2.05) is 12.1 Å². The Morgan fingerprint density at radius 3 is 2.82 bits per heavy atom. The Bertz CT molecular complexity index is 459. The van der Waals surface area contributed by atoms with Gasteiger partial charge in [-0.2, -0.15) is 0 Å². The summed E-state index contributed by atoms with van der Waals surface area (Å²) in [5.74, 6) is 0.754. The van der Waals surface area contributed by atoms with Crippen LogP contribution in [0, 0.1) is 0 Å². The molecule has 3 rings (SSSR count). The molecule has 0 radical (unpaired) electrons. The fourth-order valence-electron chi connectivity index (χ4n) is 2.78. The molecule has 1 aromatic rings. The van der Waals surface area contributed by atoms with Gasteiger partial charge in [0.05, 0.1) is 6.61 Å². The van der Waals surface area contributed by atoms with Gasteiger partial charge in [-0.15, -0.1) is 0 Å². The van der Waals surface area contributed by atoms with Gasteiger partial charge >= 0.3 is 0 Å². The zero-order valence-corrected chi connectivity index (χ0v) is 9.74. The Balaban J connectivity index is 1.91. The van der Waals surface area contributed by atoms with Crippen molar-refractivity contribution < 1.29 is 14.6 Å². The number of aliphatic hydroxyl groups is 1. The second kappa shape index (κ2) is 3.84. The number of benzene rings is 1. The normalized spacial score (nSPS) is 21.0. The van der Waals surface area contributed by atoms with Crippen LogP contribution < -0.4 is 4.74 Å². The molecule has 90 valence electrons. The molecule has 1 aromatic carbocycles. The molecule has 1 aliphatic carbocycles. The van der Waals surface area contributed by atoms with E-state index < -0.39 is 5.60 Å². The molecule has 0 aromatic heterocycles. The van der Waals surface area contributed by atoms with Crippen LogP contribution in [-0.2, 0) is 6.42 Å². The number of ether oxygens (including phenoxy) is 1. The van der Waals surface area contributed by atoms with Gasteiger partial charge in [-0.3, -0.25) is 4.79 Å². The molecule has 0 saturated heterocycles. The van der Waals surface area contributed by atoms with Crippen molar-refractivity contribution in [2.45, 2.75) is 37.7 Å². The van der Waals surface area contributed by atoms with E-state index in [9.17, 15) is 9.90 Å². The second-order valence-corrected chi connectivity index (χ2v) is 4.99.